The van der Waals surface area contributed by atoms with E-state index in [1.54, 1.807) is 0 Å². The summed E-state index contributed by atoms with van der Waals surface area (Å²) in [7, 11) is 0. The number of hydrogen-bond donors (Lipinski definition) is 2. The molecule has 1 fully saturated rings. The second kappa shape index (κ2) is 5.67. The normalized spacial score (nSPS) is 30.6. The zero-order valence-corrected chi connectivity index (χ0v) is 10.9. The van der Waals surface area contributed by atoms with Crippen molar-refractivity contribution in [2.24, 2.45) is 17.6 Å². The van der Waals surface area contributed by atoms with Crippen LogP contribution in [0.2, 0.25) is 0 Å². The van der Waals surface area contributed by atoms with E-state index in [1.807, 2.05) is 0 Å². The minimum atomic E-state index is -0.427. The smallest absolute Gasteiger partial charge is 0.237 e. The first kappa shape index (κ1) is 13.5. The summed E-state index contributed by atoms with van der Waals surface area (Å²) >= 11 is 0. The highest BCUT2D eigenvalue weighted by atomic mass is 16.1. The fourth-order valence-corrected chi connectivity index (χ4v) is 2.72. The molecule has 16 heavy (non-hydrogen) atoms. The van der Waals surface area contributed by atoms with Crippen molar-refractivity contribution in [2.75, 3.05) is 6.54 Å². The van der Waals surface area contributed by atoms with E-state index in [-0.39, 0.29) is 5.91 Å². The van der Waals surface area contributed by atoms with Crippen LogP contribution in [0.1, 0.15) is 52.9 Å². The van der Waals surface area contributed by atoms with Crippen molar-refractivity contribution in [3.05, 3.63) is 0 Å². The van der Waals surface area contributed by atoms with Gasteiger partial charge in [0.15, 0.2) is 0 Å². The summed E-state index contributed by atoms with van der Waals surface area (Å²) in [5.41, 5.74) is 5.18. The monoisotopic (exact) mass is 226 g/mol. The van der Waals surface area contributed by atoms with Crippen LogP contribution in [-0.4, -0.2) is 18.0 Å². The molecule has 1 amide bonds. The largest absolute Gasteiger partial charge is 0.368 e. The van der Waals surface area contributed by atoms with E-state index in [2.05, 4.69) is 26.1 Å². The second-order valence-corrected chi connectivity index (χ2v) is 5.47. The number of nitrogens with two attached hydrogens (primary N) is 1. The first-order chi connectivity index (χ1) is 7.52. The van der Waals surface area contributed by atoms with Gasteiger partial charge in [-0.25, -0.2) is 0 Å². The molecule has 0 aliphatic heterocycles. The van der Waals surface area contributed by atoms with E-state index >= 15 is 0 Å². The molecule has 0 aromatic heterocycles. The Morgan fingerprint density at radius 3 is 2.75 bits per heavy atom. The third-order valence-electron chi connectivity index (χ3n) is 3.92. The van der Waals surface area contributed by atoms with E-state index in [9.17, 15) is 4.79 Å². The highest BCUT2D eigenvalue weighted by molar-refractivity contribution is 5.84. The van der Waals surface area contributed by atoms with E-state index in [0.717, 1.165) is 32.2 Å². The maximum atomic E-state index is 11.7. The molecule has 2 atom stereocenters. The van der Waals surface area contributed by atoms with E-state index in [1.165, 1.54) is 6.42 Å². The molecule has 0 saturated heterocycles. The first-order valence-corrected chi connectivity index (χ1v) is 6.57. The summed E-state index contributed by atoms with van der Waals surface area (Å²) in [5.74, 6) is 1.11. The van der Waals surface area contributed by atoms with Crippen molar-refractivity contribution < 1.29 is 4.79 Å². The highest BCUT2D eigenvalue weighted by Crippen LogP contribution is 2.36. The Kier molecular flexibility index (Phi) is 4.78. The number of primary amides is 1. The van der Waals surface area contributed by atoms with Crippen molar-refractivity contribution in [1.82, 2.24) is 5.32 Å². The van der Waals surface area contributed by atoms with E-state index in [0.29, 0.717) is 11.8 Å². The predicted molar refractivity (Wildman–Crippen MR) is 67.0 cm³/mol. The molecular formula is C13H26N2O. The molecular weight excluding hydrogens is 200 g/mol. The van der Waals surface area contributed by atoms with Crippen LogP contribution in [0.5, 0.6) is 0 Å². The van der Waals surface area contributed by atoms with Crippen LogP contribution in [0, 0.1) is 11.8 Å². The summed E-state index contributed by atoms with van der Waals surface area (Å²) in [6.07, 6.45) is 5.22. The lowest BCUT2D eigenvalue weighted by molar-refractivity contribution is -0.126. The van der Waals surface area contributed by atoms with Gasteiger partial charge in [0, 0.05) is 0 Å². The van der Waals surface area contributed by atoms with Crippen LogP contribution < -0.4 is 11.1 Å². The summed E-state index contributed by atoms with van der Waals surface area (Å²) in [5, 5.41) is 3.39. The van der Waals surface area contributed by atoms with Crippen LogP contribution in [0.3, 0.4) is 0 Å². The van der Waals surface area contributed by atoms with Crippen LogP contribution in [0.25, 0.3) is 0 Å². The van der Waals surface area contributed by atoms with Crippen molar-refractivity contribution in [2.45, 2.75) is 58.4 Å². The van der Waals surface area contributed by atoms with Crippen molar-refractivity contribution in [3.8, 4) is 0 Å². The molecule has 0 heterocycles. The highest BCUT2D eigenvalue weighted by Gasteiger charge is 2.41. The van der Waals surface area contributed by atoms with Gasteiger partial charge in [0.2, 0.25) is 5.91 Å². The van der Waals surface area contributed by atoms with Gasteiger partial charge in [-0.2, -0.15) is 0 Å². The van der Waals surface area contributed by atoms with Gasteiger partial charge in [0.25, 0.3) is 0 Å². The Bertz CT molecular complexity index is 240. The SMILES string of the molecule is CCCNC1(C(N)=O)CCCC(C(C)C)C1. The number of nitrogens with one attached hydrogen (secondary N) is 1. The zero-order valence-electron chi connectivity index (χ0n) is 10.9. The average molecular weight is 226 g/mol. The molecule has 3 nitrogen and oxygen atoms in total. The van der Waals surface area contributed by atoms with Crippen LogP contribution in [-0.2, 0) is 4.79 Å². The molecule has 1 saturated carbocycles. The summed E-state index contributed by atoms with van der Waals surface area (Å²) in [4.78, 5) is 11.7. The van der Waals surface area contributed by atoms with Crippen LogP contribution >= 0.6 is 0 Å². The summed E-state index contributed by atoms with van der Waals surface area (Å²) in [6.45, 7) is 7.47. The zero-order chi connectivity index (χ0) is 12.2. The molecule has 1 rings (SSSR count). The van der Waals surface area contributed by atoms with Crippen LogP contribution in [0.15, 0.2) is 0 Å². The fraction of sp³-hybridized carbons (Fsp3) is 0.923. The van der Waals surface area contributed by atoms with Gasteiger partial charge in [-0.05, 0) is 37.6 Å². The fourth-order valence-electron chi connectivity index (χ4n) is 2.72. The molecule has 0 radical (unpaired) electrons. The van der Waals surface area contributed by atoms with E-state index in [4.69, 9.17) is 5.73 Å². The Labute approximate surface area is 99.2 Å². The third-order valence-corrected chi connectivity index (χ3v) is 3.92. The molecule has 2 unspecified atom stereocenters. The van der Waals surface area contributed by atoms with Gasteiger partial charge >= 0.3 is 0 Å². The quantitative estimate of drug-likeness (QED) is 0.754. The van der Waals surface area contributed by atoms with Gasteiger partial charge < -0.3 is 11.1 Å². The number of carbonyl (C=O) groups excluding carboxylic acids is 1. The van der Waals surface area contributed by atoms with Gasteiger partial charge in [-0.1, -0.05) is 33.6 Å². The molecule has 3 N–H and O–H groups in total. The summed E-state index contributed by atoms with van der Waals surface area (Å²) < 4.78 is 0. The van der Waals surface area contributed by atoms with Crippen LogP contribution in [0.4, 0.5) is 0 Å². The molecule has 94 valence electrons. The average Bonchev–Trinajstić information content (AvgIpc) is 2.26. The minimum absolute atomic E-state index is 0.161. The Morgan fingerprint density at radius 2 is 2.25 bits per heavy atom. The summed E-state index contributed by atoms with van der Waals surface area (Å²) in [6, 6.07) is 0. The number of rotatable bonds is 5. The Balaban J connectivity index is 2.72. The van der Waals surface area contributed by atoms with Crippen molar-refractivity contribution in [3.63, 3.8) is 0 Å². The third kappa shape index (κ3) is 2.97. The Hall–Kier alpha value is -0.570. The molecule has 1 aliphatic rings. The number of amides is 1. The topological polar surface area (TPSA) is 55.1 Å². The number of carbonyl (C=O) groups is 1. The Morgan fingerprint density at radius 1 is 1.56 bits per heavy atom. The standard InChI is InChI=1S/C13H26N2O/c1-4-8-15-13(12(14)16)7-5-6-11(9-13)10(2)3/h10-11,15H,4-9H2,1-3H3,(H2,14,16). The van der Waals surface area contributed by atoms with Gasteiger partial charge in [0.1, 0.15) is 0 Å². The maximum Gasteiger partial charge on any atom is 0.237 e. The van der Waals surface area contributed by atoms with Crippen molar-refractivity contribution in [1.29, 1.82) is 0 Å². The lowest BCUT2D eigenvalue weighted by Gasteiger charge is -2.40. The van der Waals surface area contributed by atoms with Gasteiger partial charge in [0.05, 0.1) is 5.54 Å². The van der Waals surface area contributed by atoms with Gasteiger partial charge in [-0.3, -0.25) is 4.79 Å². The minimum Gasteiger partial charge on any atom is -0.368 e. The molecule has 0 aromatic carbocycles. The van der Waals surface area contributed by atoms with Gasteiger partial charge in [-0.15, -0.1) is 0 Å². The molecule has 1 aliphatic carbocycles. The number of hydrogen-bond acceptors (Lipinski definition) is 2. The van der Waals surface area contributed by atoms with Crippen molar-refractivity contribution >= 4 is 5.91 Å². The molecule has 3 heteroatoms. The maximum absolute atomic E-state index is 11.7. The second-order valence-electron chi connectivity index (χ2n) is 5.47. The van der Waals surface area contributed by atoms with E-state index < -0.39 is 5.54 Å². The molecule has 0 aromatic rings. The predicted octanol–water partition coefficient (Wildman–Crippen LogP) is 2.06. The molecule has 0 spiro atoms. The lowest BCUT2D eigenvalue weighted by Crippen LogP contribution is -2.58. The first-order valence-electron chi connectivity index (χ1n) is 6.57. The lowest BCUT2D eigenvalue weighted by atomic mass is 9.71. The molecule has 0 bridgehead atoms.